The summed E-state index contributed by atoms with van der Waals surface area (Å²) < 4.78 is 7.08. The number of hydrogen-bond donors (Lipinski definition) is 0. The smallest absolute Gasteiger partial charge is 0.417 e. The molecule has 3 aliphatic rings. The highest BCUT2D eigenvalue weighted by atomic mass is 16.5. The second kappa shape index (κ2) is 10.1. The van der Waals surface area contributed by atoms with E-state index in [1.54, 1.807) is 19.3 Å². The normalized spacial score (nSPS) is 17.8. The molecule has 0 unspecified atom stereocenters. The minimum atomic E-state index is -0.386. The van der Waals surface area contributed by atoms with Crippen molar-refractivity contribution in [3.05, 3.63) is 102 Å². The first kappa shape index (κ1) is 23.2. The van der Waals surface area contributed by atoms with Gasteiger partial charge in [-0.05, 0) is 24.6 Å². The van der Waals surface area contributed by atoms with Crippen LogP contribution < -0.4 is 4.90 Å². The lowest BCUT2D eigenvalue weighted by molar-refractivity contribution is 0.133. The molecule has 2 aromatic heterocycles. The molecule has 0 atom stereocenters. The Kier molecular flexibility index (Phi) is 6.32. The molecule has 0 bridgehead atoms. The lowest BCUT2D eigenvalue weighted by atomic mass is 9.95. The van der Waals surface area contributed by atoms with Gasteiger partial charge in [-0.25, -0.2) is 14.3 Å². The molecule has 1 aliphatic carbocycles. The fourth-order valence-electron chi connectivity index (χ4n) is 4.93. The molecule has 4 heterocycles. The van der Waals surface area contributed by atoms with Gasteiger partial charge in [0.1, 0.15) is 5.82 Å². The van der Waals surface area contributed by atoms with Gasteiger partial charge in [-0.15, -0.1) is 5.10 Å². The number of ether oxygens (including phenoxy) is 1. The monoisotopic (exact) mass is 494 g/mol. The minimum absolute atomic E-state index is 0.0731. The number of amides is 1. The maximum atomic E-state index is 12.1. The number of benzene rings is 1. The number of nitrogens with zero attached hydrogens (tertiary/aromatic N) is 6. The van der Waals surface area contributed by atoms with E-state index in [4.69, 9.17) is 14.8 Å². The first-order valence-electron chi connectivity index (χ1n) is 12.8. The molecule has 8 heteroatoms. The van der Waals surface area contributed by atoms with Gasteiger partial charge in [0.2, 0.25) is 0 Å². The van der Waals surface area contributed by atoms with Gasteiger partial charge >= 0.3 is 6.09 Å². The molecular weight excluding hydrogens is 464 g/mol. The fourth-order valence-corrected chi connectivity index (χ4v) is 4.93. The van der Waals surface area contributed by atoms with Gasteiger partial charge in [0.05, 0.1) is 18.0 Å². The highest BCUT2D eigenvalue weighted by Crippen LogP contribution is 2.33. The summed E-state index contributed by atoms with van der Waals surface area (Å²) in [7, 11) is 0. The highest BCUT2D eigenvalue weighted by Gasteiger charge is 2.26. The number of allylic oxidation sites excluding steroid dienone is 6. The van der Waals surface area contributed by atoms with Crippen molar-refractivity contribution < 1.29 is 9.53 Å². The summed E-state index contributed by atoms with van der Waals surface area (Å²) >= 11 is 0. The molecule has 0 N–H and O–H groups in total. The van der Waals surface area contributed by atoms with E-state index < -0.39 is 0 Å². The van der Waals surface area contributed by atoms with Crippen molar-refractivity contribution in [2.45, 2.75) is 19.4 Å². The fraction of sp³-hybridized carbons (Fsp3) is 0.276. The van der Waals surface area contributed by atoms with Crippen LogP contribution in [-0.4, -0.2) is 63.3 Å². The highest BCUT2D eigenvalue weighted by molar-refractivity contribution is 5.82. The maximum absolute atomic E-state index is 12.1. The molecule has 188 valence electrons. The van der Waals surface area contributed by atoms with Gasteiger partial charge < -0.3 is 9.64 Å². The van der Waals surface area contributed by atoms with Crippen LogP contribution in [0.3, 0.4) is 0 Å². The van der Waals surface area contributed by atoms with Crippen molar-refractivity contribution in [2.24, 2.45) is 0 Å². The SMILES string of the molecule is CCOC(=O)N1C=CC(c2c(C3=CC=C3)nc3ccc(N4CCN(Cc5ccccc5)CC4)nn23)C=C1. The summed E-state index contributed by atoms with van der Waals surface area (Å²) in [5.74, 6) is 0.878. The minimum Gasteiger partial charge on any atom is -0.449 e. The van der Waals surface area contributed by atoms with E-state index in [1.165, 1.54) is 10.5 Å². The summed E-state index contributed by atoms with van der Waals surface area (Å²) in [4.78, 5) is 23.3. The average molecular weight is 495 g/mol. The molecule has 1 fully saturated rings. The number of fused-ring (bicyclic) bond motifs is 1. The molecular formula is C29H30N6O2. The van der Waals surface area contributed by atoms with Gasteiger partial charge in [-0.3, -0.25) is 9.80 Å². The van der Waals surface area contributed by atoms with Crippen molar-refractivity contribution in [1.82, 2.24) is 24.4 Å². The van der Waals surface area contributed by atoms with Crippen molar-refractivity contribution >= 4 is 23.1 Å². The summed E-state index contributed by atoms with van der Waals surface area (Å²) in [6.45, 7) is 6.95. The molecule has 37 heavy (non-hydrogen) atoms. The van der Waals surface area contributed by atoms with Crippen LogP contribution in [0.5, 0.6) is 0 Å². The van der Waals surface area contributed by atoms with Gasteiger partial charge in [0, 0.05) is 56.6 Å². The maximum Gasteiger partial charge on any atom is 0.417 e. The van der Waals surface area contributed by atoms with Crippen molar-refractivity contribution in [1.29, 1.82) is 0 Å². The Morgan fingerprint density at radius 2 is 1.78 bits per heavy atom. The average Bonchev–Trinajstić information content (AvgIpc) is 3.27. The van der Waals surface area contributed by atoms with E-state index in [0.29, 0.717) is 6.61 Å². The molecule has 3 aromatic rings. The zero-order chi connectivity index (χ0) is 25.2. The second-order valence-corrected chi connectivity index (χ2v) is 9.35. The van der Waals surface area contributed by atoms with Crippen LogP contribution in [0.1, 0.15) is 29.8 Å². The van der Waals surface area contributed by atoms with Crippen LogP contribution in [0.2, 0.25) is 0 Å². The Bertz CT molecular complexity index is 1400. The molecule has 8 nitrogen and oxygen atoms in total. The van der Waals surface area contributed by atoms with Crippen LogP contribution in [0.25, 0.3) is 11.2 Å². The van der Waals surface area contributed by atoms with E-state index >= 15 is 0 Å². The Labute approximate surface area is 216 Å². The molecule has 6 rings (SSSR count). The van der Waals surface area contributed by atoms with E-state index in [1.807, 2.05) is 22.7 Å². The largest absolute Gasteiger partial charge is 0.449 e. The molecule has 2 aliphatic heterocycles. The molecule has 0 spiro atoms. The van der Waals surface area contributed by atoms with Gasteiger partial charge in [0.25, 0.3) is 0 Å². The lowest BCUT2D eigenvalue weighted by Gasteiger charge is -2.35. The first-order valence-corrected chi connectivity index (χ1v) is 12.8. The molecule has 0 radical (unpaired) electrons. The molecule has 1 saturated heterocycles. The first-order chi connectivity index (χ1) is 18.2. The van der Waals surface area contributed by atoms with E-state index in [0.717, 1.165) is 61.1 Å². The molecule has 1 amide bonds. The van der Waals surface area contributed by atoms with Crippen molar-refractivity contribution in [3.63, 3.8) is 0 Å². The number of carbonyl (C=O) groups is 1. The van der Waals surface area contributed by atoms with Crippen LogP contribution in [0.15, 0.2) is 85.2 Å². The third kappa shape index (κ3) is 4.68. The Hall–Kier alpha value is -4.17. The van der Waals surface area contributed by atoms with E-state index in [9.17, 15) is 4.79 Å². The predicted octanol–water partition coefficient (Wildman–Crippen LogP) is 4.59. The van der Waals surface area contributed by atoms with Crippen LogP contribution >= 0.6 is 0 Å². The number of rotatable bonds is 6. The summed E-state index contributed by atoms with van der Waals surface area (Å²) in [6.07, 6.45) is 13.3. The van der Waals surface area contributed by atoms with Crippen molar-refractivity contribution in [3.8, 4) is 0 Å². The standard InChI is InChI=1S/C29H30N6O2/c1-2-37-29(36)34-15-13-24(14-16-34)28-27(23-9-6-10-23)30-25-11-12-26(31-35(25)28)33-19-17-32(18-20-33)21-22-7-4-3-5-8-22/h3-16,24H,2,17-21H2,1H3. The number of piperazine rings is 1. The van der Waals surface area contributed by atoms with E-state index in [-0.39, 0.29) is 12.0 Å². The zero-order valence-corrected chi connectivity index (χ0v) is 20.9. The predicted molar refractivity (Wildman–Crippen MR) is 144 cm³/mol. The second-order valence-electron chi connectivity index (χ2n) is 9.35. The van der Waals surface area contributed by atoms with Gasteiger partial charge in [-0.2, -0.15) is 0 Å². The summed E-state index contributed by atoms with van der Waals surface area (Å²) in [5.41, 5.74) is 5.16. The topological polar surface area (TPSA) is 66.2 Å². The van der Waals surface area contributed by atoms with Gasteiger partial charge in [-0.1, -0.05) is 60.7 Å². The number of aromatic nitrogens is 3. The van der Waals surface area contributed by atoms with Crippen LogP contribution in [-0.2, 0) is 11.3 Å². The summed E-state index contributed by atoms with van der Waals surface area (Å²) in [5, 5.41) is 5.07. The number of carbonyl (C=O) groups excluding carboxylic acids is 1. The number of hydrogen-bond acceptors (Lipinski definition) is 6. The van der Waals surface area contributed by atoms with Crippen LogP contribution in [0, 0.1) is 0 Å². The summed E-state index contributed by atoms with van der Waals surface area (Å²) in [6, 6.07) is 14.8. The third-order valence-electron chi connectivity index (χ3n) is 6.97. The Morgan fingerprint density at radius 3 is 2.46 bits per heavy atom. The van der Waals surface area contributed by atoms with Gasteiger partial charge in [0.15, 0.2) is 5.65 Å². The molecule has 1 aromatic carbocycles. The van der Waals surface area contributed by atoms with Crippen molar-refractivity contribution in [2.75, 3.05) is 37.7 Å². The van der Waals surface area contributed by atoms with Crippen LogP contribution in [0.4, 0.5) is 10.6 Å². The molecule has 0 saturated carbocycles. The quantitative estimate of drug-likeness (QED) is 0.500. The Morgan fingerprint density at radius 1 is 1.03 bits per heavy atom. The lowest BCUT2D eigenvalue weighted by Crippen LogP contribution is -2.46. The zero-order valence-electron chi connectivity index (χ0n) is 20.9. The Balaban J connectivity index is 1.24. The number of anilines is 1. The third-order valence-corrected chi connectivity index (χ3v) is 6.97. The number of imidazole rings is 1. The van der Waals surface area contributed by atoms with E-state index in [2.05, 4.69) is 64.4 Å².